The summed E-state index contributed by atoms with van der Waals surface area (Å²) >= 11 is 0. The van der Waals surface area contributed by atoms with Crippen LogP contribution in [0, 0.1) is 22.7 Å². The van der Waals surface area contributed by atoms with Crippen LogP contribution in [0.5, 0.6) is 0 Å². The molecule has 4 heteroatoms. The van der Waals surface area contributed by atoms with E-state index >= 15 is 0 Å². The fraction of sp³-hybridized carbons (Fsp3) is 0.357. The molecule has 4 nitrogen and oxygen atoms in total. The van der Waals surface area contributed by atoms with Gasteiger partial charge in [0.25, 0.3) is 5.91 Å². The summed E-state index contributed by atoms with van der Waals surface area (Å²) in [4.78, 5) is 14.0. The van der Waals surface area contributed by atoms with E-state index < -0.39 is 0 Å². The molecule has 0 aliphatic heterocycles. The quantitative estimate of drug-likeness (QED) is 0.807. The Labute approximate surface area is 106 Å². The van der Waals surface area contributed by atoms with Crippen molar-refractivity contribution in [1.29, 1.82) is 10.5 Å². The van der Waals surface area contributed by atoms with Gasteiger partial charge in [-0.15, -0.1) is 0 Å². The van der Waals surface area contributed by atoms with E-state index in [9.17, 15) is 4.79 Å². The van der Waals surface area contributed by atoms with E-state index in [0.29, 0.717) is 30.1 Å². The summed E-state index contributed by atoms with van der Waals surface area (Å²) in [6, 6.07) is 11.0. The van der Waals surface area contributed by atoms with E-state index in [1.165, 1.54) is 0 Å². The van der Waals surface area contributed by atoms with Crippen LogP contribution < -0.4 is 0 Å². The lowest BCUT2D eigenvalue weighted by Gasteiger charge is -2.21. The molecular weight excluding hydrogens is 226 g/mol. The summed E-state index contributed by atoms with van der Waals surface area (Å²) in [5.74, 6) is -0.0442. The van der Waals surface area contributed by atoms with Gasteiger partial charge in [-0.3, -0.25) is 4.79 Å². The summed E-state index contributed by atoms with van der Waals surface area (Å²) in [5, 5.41) is 17.3. The third-order valence-electron chi connectivity index (χ3n) is 2.97. The molecule has 0 radical (unpaired) electrons. The second-order valence-corrected chi connectivity index (χ2v) is 4.33. The lowest BCUT2D eigenvalue weighted by Crippen LogP contribution is -2.33. The Kier molecular flexibility index (Phi) is 3.60. The van der Waals surface area contributed by atoms with Gasteiger partial charge >= 0.3 is 0 Å². The van der Waals surface area contributed by atoms with Crippen molar-refractivity contribution in [3.63, 3.8) is 0 Å². The van der Waals surface area contributed by atoms with E-state index in [4.69, 9.17) is 10.5 Å². The minimum atomic E-state index is -0.0442. The highest BCUT2D eigenvalue weighted by Crippen LogP contribution is 2.28. The number of carbonyl (C=O) groups is 1. The lowest BCUT2D eigenvalue weighted by atomic mass is 10.1. The highest BCUT2D eigenvalue weighted by molar-refractivity contribution is 5.94. The number of hydrogen-bond donors (Lipinski definition) is 0. The molecule has 1 aromatic carbocycles. The summed E-state index contributed by atoms with van der Waals surface area (Å²) in [5.41, 5.74) is 1.13. The van der Waals surface area contributed by atoms with Gasteiger partial charge in [-0.2, -0.15) is 10.5 Å². The SMILES string of the molecule is N#CCCN(C(=O)c1ccc(C#N)cc1)C1CC1. The van der Waals surface area contributed by atoms with Crippen molar-refractivity contribution in [2.45, 2.75) is 25.3 Å². The minimum absolute atomic E-state index is 0.0442. The van der Waals surface area contributed by atoms with Crippen molar-refractivity contribution >= 4 is 5.91 Å². The van der Waals surface area contributed by atoms with Crippen LogP contribution >= 0.6 is 0 Å². The number of carbonyl (C=O) groups excluding carboxylic acids is 1. The zero-order valence-corrected chi connectivity index (χ0v) is 9.97. The van der Waals surface area contributed by atoms with Gasteiger partial charge in [0.2, 0.25) is 0 Å². The highest BCUT2D eigenvalue weighted by Gasteiger charge is 2.32. The third kappa shape index (κ3) is 2.67. The van der Waals surface area contributed by atoms with E-state index in [0.717, 1.165) is 12.8 Å². The van der Waals surface area contributed by atoms with Crippen LogP contribution in [0.2, 0.25) is 0 Å². The largest absolute Gasteiger partial charge is 0.335 e. The van der Waals surface area contributed by atoms with E-state index in [1.54, 1.807) is 29.2 Å². The van der Waals surface area contributed by atoms with Gasteiger partial charge in [0.15, 0.2) is 0 Å². The molecule has 0 heterocycles. The Balaban J connectivity index is 2.12. The predicted octanol–water partition coefficient (Wildman–Crippen LogP) is 2.08. The predicted molar refractivity (Wildman–Crippen MR) is 65.4 cm³/mol. The number of benzene rings is 1. The molecule has 0 spiro atoms. The summed E-state index contributed by atoms with van der Waals surface area (Å²) in [6.07, 6.45) is 2.40. The van der Waals surface area contributed by atoms with Crippen molar-refractivity contribution in [2.24, 2.45) is 0 Å². The first-order valence-electron chi connectivity index (χ1n) is 5.94. The molecule has 90 valence electrons. The maximum absolute atomic E-state index is 12.3. The third-order valence-corrected chi connectivity index (χ3v) is 2.97. The number of hydrogen-bond acceptors (Lipinski definition) is 3. The second kappa shape index (κ2) is 5.33. The van der Waals surface area contributed by atoms with Crippen LogP contribution in [0.3, 0.4) is 0 Å². The molecule has 0 N–H and O–H groups in total. The van der Waals surface area contributed by atoms with Gasteiger partial charge in [-0.05, 0) is 37.1 Å². The standard InChI is InChI=1S/C14H13N3O/c15-8-1-9-17(13-6-7-13)14(18)12-4-2-11(10-16)3-5-12/h2-5,13H,1,6-7,9H2. The van der Waals surface area contributed by atoms with Crippen LogP contribution in [-0.2, 0) is 0 Å². The van der Waals surface area contributed by atoms with Gasteiger partial charge in [0.1, 0.15) is 0 Å². The van der Waals surface area contributed by atoms with Crippen LogP contribution in [-0.4, -0.2) is 23.4 Å². The molecule has 18 heavy (non-hydrogen) atoms. The molecule has 0 atom stereocenters. The summed E-state index contributed by atoms with van der Waals surface area (Å²) < 4.78 is 0. The Morgan fingerprint density at radius 3 is 2.44 bits per heavy atom. The average Bonchev–Trinajstić information content (AvgIpc) is 3.24. The minimum Gasteiger partial charge on any atom is -0.335 e. The Morgan fingerprint density at radius 2 is 1.94 bits per heavy atom. The van der Waals surface area contributed by atoms with Crippen molar-refractivity contribution in [3.05, 3.63) is 35.4 Å². The molecular formula is C14H13N3O. The monoisotopic (exact) mass is 239 g/mol. The fourth-order valence-electron chi connectivity index (χ4n) is 1.86. The van der Waals surface area contributed by atoms with Gasteiger partial charge in [0, 0.05) is 18.2 Å². The Hall–Kier alpha value is -2.33. The van der Waals surface area contributed by atoms with Crippen molar-refractivity contribution in [2.75, 3.05) is 6.54 Å². The van der Waals surface area contributed by atoms with Gasteiger partial charge in [-0.1, -0.05) is 0 Å². The van der Waals surface area contributed by atoms with Gasteiger partial charge < -0.3 is 4.90 Å². The smallest absolute Gasteiger partial charge is 0.254 e. The topological polar surface area (TPSA) is 67.9 Å². The molecule has 0 aromatic heterocycles. The summed E-state index contributed by atoms with van der Waals surface area (Å²) in [7, 11) is 0. The Morgan fingerprint density at radius 1 is 1.28 bits per heavy atom. The zero-order chi connectivity index (χ0) is 13.0. The number of nitriles is 2. The summed E-state index contributed by atoms with van der Waals surface area (Å²) in [6.45, 7) is 0.486. The first kappa shape index (κ1) is 12.1. The van der Waals surface area contributed by atoms with Crippen molar-refractivity contribution < 1.29 is 4.79 Å². The normalized spacial score (nSPS) is 13.4. The van der Waals surface area contributed by atoms with E-state index in [1.807, 2.05) is 6.07 Å². The first-order valence-corrected chi connectivity index (χ1v) is 5.94. The number of nitrogens with zero attached hydrogens (tertiary/aromatic N) is 3. The molecule has 1 amide bonds. The molecule has 2 rings (SSSR count). The van der Waals surface area contributed by atoms with Crippen molar-refractivity contribution in [1.82, 2.24) is 4.90 Å². The molecule has 1 fully saturated rings. The average molecular weight is 239 g/mol. The highest BCUT2D eigenvalue weighted by atomic mass is 16.2. The second-order valence-electron chi connectivity index (χ2n) is 4.33. The number of amides is 1. The van der Waals surface area contributed by atoms with Crippen LogP contribution in [0.4, 0.5) is 0 Å². The maximum atomic E-state index is 12.3. The van der Waals surface area contributed by atoms with E-state index in [-0.39, 0.29) is 5.91 Å². The molecule has 1 aromatic rings. The Bertz CT molecular complexity index is 517. The molecule has 0 bridgehead atoms. The number of rotatable bonds is 4. The van der Waals surface area contributed by atoms with Crippen LogP contribution in [0.15, 0.2) is 24.3 Å². The maximum Gasteiger partial charge on any atom is 0.254 e. The molecule has 1 aliphatic carbocycles. The van der Waals surface area contributed by atoms with Crippen LogP contribution in [0.1, 0.15) is 35.2 Å². The van der Waals surface area contributed by atoms with Crippen LogP contribution in [0.25, 0.3) is 0 Å². The van der Waals surface area contributed by atoms with E-state index in [2.05, 4.69) is 6.07 Å². The van der Waals surface area contributed by atoms with Gasteiger partial charge in [-0.25, -0.2) is 0 Å². The molecule has 1 aliphatic rings. The molecule has 0 saturated heterocycles. The lowest BCUT2D eigenvalue weighted by molar-refractivity contribution is 0.0747. The molecule has 0 unspecified atom stereocenters. The van der Waals surface area contributed by atoms with Gasteiger partial charge in [0.05, 0.1) is 24.1 Å². The fourth-order valence-corrected chi connectivity index (χ4v) is 1.86. The molecule has 1 saturated carbocycles. The first-order chi connectivity index (χ1) is 8.76. The van der Waals surface area contributed by atoms with Crippen molar-refractivity contribution in [3.8, 4) is 12.1 Å². The zero-order valence-electron chi connectivity index (χ0n) is 9.97.